The van der Waals surface area contributed by atoms with E-state index >= 15 is 0 Å². The van der Waals surface area contributed by atoms with E-state index < -0.39 is 0 Å². The van der Waals surface area contributed by atoms with Crippen LogP contribution in [0, 0.1) is 0 Å². The van der Waals surface area contributed by atoms with Crippen LogP contribution in [-0.2, 0) is 11.4 Å². The smallest absolute Gasteiger partial charge is 0.293 e. The average molecular weight is 561 g/mol. The van der Waals surface area contributed by atoms with Gasteiger partial charge in [-0.1, -0.05) is 49.4 Å². The van der Waals surface area contributed by atoms with Crippen LogP contribution < -0.4 is 4.74 Å². The van der Waals surface area contributed by atoms with Crippen molar-refractivity contribution in [3.05, 3.63) is 79.6 Å². The van der Waals surface area contributed by atoms with Crippen molar-refractivity contribution in [2.45, 2.75) is 20.0 Å². The first-order valence-corrected chi connectivity index (χ1v) is 12.2. The SMILES string of the molecule is CCCN1C(=O)S/C(=C/c2cc(Br)c(OCc3cccc4ccccc34)c(Br)c2)C1=O. The molecule has 1 aliphatic heterocycles. The van der Waals surface area contributed by atoms with Crippen molar-refractivity contribution >= 4 is 71.6 Å². The highest BCUT2D eigenvalue weighted by atomic mass is 79.9. The molecule has 4 rings (SSSR count). The van der Waals surface area contributed by atoms with Gasteiger partial charge < -0.3 is 4.74 Å². The summed E-state index contributed by atoms with van der Waals surface area (Å²) in [6.07, 6.45) is 2.48. The Kier molecular flexibility index (Phi) is 6.84. The average Bonchev–Trinajstić information content (AvgIpc) is 3.01. The highest BCUT2D eigenvalue weighted by Crippen LogP contribution is 2.38. The molecule has 1 fully saturated rings. The lowest BCUT2D eigenvalue weighted by Gasteiger charge is -2.13. The molecule has 7 heteroatoms. The number of hydrogen-bond acceptors (Lipinski definition) is 4. The van der Waals surface area contributed by atoms with Gasteiger partial charge in [0.2, 0.25) is 0 Å². The molecular weight excluding hydrogens is 542 g/mol. The number of benzene rings is 3. The van der Waals surface area contributed by atoms with Crippen LogP contribution in [0.3, 0.4) is 0 Å². The Morgan fingerprint density at radius 3 is 2.48 bits per heavy atom. The zero-order chi connectivity index (χ0) is 22.0. The van der Waals surface area contributed by atoms with Crippen molar-refractivity contribution in [1.82, 2.24) is 4.90 Å². The van der Waals surface area contributed by atoms with E-state index in [1.807, 2.05) is 37.3 Å². The summed E-state index contributed by atoms with van der Waals surface area (Å²) in [5.74, 6) is 0.449. The van der Waals surface area contributed by atoms with Gasteiger partial charge in [-0.2, -0.15) is 0 Å². The minimum atomic E-state index is -0.236. The predicted molar refractivity (Wildman–Crippen MR) is 133 cm³/mol. The lowest BCUT2D eigenvalue weighted by molar-refractivity contribution is -0.122. The number of ether oxygens (including phenoxy) is 1. The van der Waals surface area contributed by atoms with Crippen molar-refractivity contribution in [1.29, 1.82) is 0 Å². The fraction of sp³-hybridized carbons (Fsp3) is 0.167. The molecule has 4 nitrogen and oxygen atoms in total. The van der Waals surface area contributed by atoms with Crippen molar-refractivity contribution in [2.24, 2.45) is 0 Å². The third-order valence-corrected chi connectivity index (χ3v) is 6.98. The Morgan fingerprint density at radius 1 is 1.03 bits per heavy atom. The quantitative estimate of drug-likeness (QED) is 0.295. The first-order valence-electron chi connectivity index (χ1n) is 9.81. The molecule has 0 saturated carbocycles. The molecule has 0 unspecified atom stereocenters. The Morgan fingerprint density at radius 2 is 1.74 bits per heavy atom. The Bertz CT molecular complexity index is 1180. The lowest BCUT2D eigenvalue weighted by atomic mass is 10.1. The van der Waals surface area contributed by atoms with Crippen LogP contribution in [0.4, 0.5) is 4.79 Å². The Labute approximate surface area is 201 Å². The van der Waals surface area contributed by atoms with Crippen molar-refractivity contribution in [3.8, 4) is 5.75 Å². The second-order valence-corrected chi connectivity index (χ2v) is 9.78. The fourth-order valence-corrected chi connectivity index (χ4v) is 5.75. The Balaban J connectivity index is 1.55. The molecule has 0 radical (unpaired) electrons. The molecule has 1 heterocycles. The number of nitrogens with zero attached hydrogens (tertiary/aromatic N) is 1. The molecule has 0 atom stereocenters. The molecule has 0 bridgehead atoms. The van der Waals surface area contributed by atoms with Crippen LogP contribution in [0.5, 0.6) is 5.75 Å². The number of carbonyl (C=O) groups is 2. The highest BCUT2D eigenvalue weighted by Gasteiger charge is 2.34. The second kappa shape index (κ2) is 9.59. The molecule has 158 valence electrons. The van der Waals surface area contributed by atoms with Gasteiger partial charge in [0, 0.05) is 6.54 Å². The second-order valence-electron chi connectivity index (χ2n) is 7.07. The van der Waals surface area contributed by atoms with E-state index in [-0.39, 0.29) is 11.1 Å². The van der Waals surface area contributed by atoms with Crippen LogP contribution >= 0.6 is 43.6 Å². The summed E-state index contributed by atoms with van der Waals surface area (Å²) < 4.78 is 7.65. The molecular formula is C24H19Br2NO3S. The van der Waals surface area contributed by atoms with E-state index in [0.717, 1.165) is 43.6 Å². The molecule has 3 aromatic rings. The Hall–Kier alpha value is -2.09. The topological polar surface area (TPSA) is 46.6 Å². The summed E-state index contributed by atoms with van der Waals surface area (Å²) in [4.78, 5) is 26.3. The maximum atomic E-state index is 12.5. The van der Waals surface area contributed by atoms with E-state index in [2.05, 4.69) is 56.1 Å². The van der Waals surface area contributed by atoms with E-state index in [4.69, 9.17) is 4.74 Å². The molecule has 1 saturated heterocycles. The normalized spacial score (nSPS) is 15.3. The van der Waals surface area contributed by atoms with Crippen LogP contribution in [0.2, 0.25) is 0 Å². The van der Waals surface area contributed by atoms with E-state index in [0.29, 0.717) is 23.8 Å². The largest absolute Gasteiger partial charge is 0.487 e. The molecule has 31 heavy (non-hydrogen) atoms. The van der Waals surface area contributed by atoms with E-state index in [9.17, 15) is 9.59 Å². The lowest BCUT2D eigenvalue weighted by Crippen LogP contribution is -2.28. The maximum Gasteiger partial charge on any atom is 0.293 e. The predicted octanol–water partition coefficient (Wildman–Crippen LogP) is 7.39. The molecule has 0 spiro atoms. The van der Waals surface area contributed by atoms with Gasteiger partial charge in [-0.05, 0) is 90.2 Å². The van der Waals surface area contributed by atoms with Gasteiger partial charge in [0.05, 0.1) is 13.9 Å². The van der Waals surface area contributed by atoms with Crippen LogP contribution in [0.25, 0.3) is 16.8 Å². The maximum absolute atomic E-state index is 12.5. The van der Waals surface area contributed by atoms with Gasteiger partial charge >= 0.3 is 0 Å². The number of rotatable bonds is 6. The molecule has 2 amide bonds. The van der Waals surface area contributed by atoms with Gasteiger partial charge in [0.25, 0.3) is 11.1 Å². The van der Waals surface area contributed by atoms with E-state index in [1.54, 1.807) is 6.08 Å². The van der Waals surface area contributed by atoms with Gasteiger partial charge in [0.1, 0.15) is 12.4 Å². The first-order chi connectivity index (χ1) is 15.0. The molecule has 0 N–H and O–H groups in total. The van der Waals surface area contributed by atoms with Crippen LogP contribution in [0.15, 0.2) is 68.4 Å². The van der Waals surface area contributed by atoms with Crippen molar-refractivity contribution in [2.75, 3.05) is 6.54 Å². The molecule has 0 aromatic heterocycles. The standard InChI is InChI=1S/C24H19Br2NO3S/c1-2-10-27-23(28)21(31-24(27)29)13-15-11-19(25)22(20(26)12-15)30-14-17-8-5-7-16-6-3-4-9-18(16)17/h3-9,11-13H,2,10,14H2,1H3/b21-13+. The fourth-order valence-electron chi connectivity index (χ4n) is 3.44. The van der Waals surface area contributed by atoms with Gasteiger partial charge in [-0.3, -0.25) is 14.5 Å². The van der Waals surface area contributed by atoms with Gasteiger partial charge in [-0.15, -0.1) is 0 Å². The first kappa shape index (κ1) is 22.1. The summed E-state index contributed by atoms with van der Waals surface area (Å²) in [6, 6.07) is 18.2. The van der Waals surface area contributed by atoms with Crippen LogP contribution in [-0.4, -0.2) is 22.6 Å². The summed E-state index contributed by atoms with van der Waals surface area (Å²) in [7, 11) is 0. The third kappa shape index (κ3) is 4.73. The van der Waals surface area contributed by atoms with Crippen molar-refractivity contribution in [3.63, 3.8) is 0 Å². The number of halogens is 2. The zero-order valence-electron chi connectivity index (χ0n) is 16.7. The summed E-state index contributed by atoms with van der Waals surface area (Å²) in [5, 5.41) is 2.12. The minimum Gasteiger partial charge on any atom is -0.487 e. The zero-order valence-corrected chi connectivity index (χ0v) is 20.7. The minimum absolute atomic E-state index is 0.216. The monoisotopic (exact) mass is 559 g/mol. The van der Waals surface area contributed by atoms with Gasteiger partial charge in [-0.25, -0.2) is 0 Å². The van der Waals surface area contributed by atoms with Gasteiger partial charge in [0.15, 0.2) is 0 Å². The number of hydrogen-bond donors (Lipinski definition) is 0. The number of fused-ring (bicyclic) bond motifs is 1. The molecule has 3 aromatic carbocycles. The number of amides is 2. The molecule has 0 aliphatic carbocycles. The van der Waals surface area contributed by atoms with Crippen LogP contribution in [0.1, 0.15) is 24.5 Å². The number of carbonyl (C=O) groups excluding carboxylic acids is 2. The van der Waals surface area contributed by atoms with E-state index in [1.165, 1.54) is 10.3 Å². The summed E-state index contributed by atoms with van der Waals surface area (Å²) in [5.41, 5.74) is 1.91. The highest BCUT2D eigenvalue weighted by molar-refractivity contribution is 9.11. The number of imide groups is 1. The van der Waals surface area contributed by atoms with Crippen molar-refractivity contribution < 1.29 is 14.3 Å². The molecule has 1 aliphatic rings. The summed E-state index contributed by atoms with van der Waals surface area (Å²) in [6.45, 7) is 2.81. The number of thioether (sulfide) groups is 1. The summed E-state index contributed by atoms with van der Waals surface area (Å²) >= 11 is 8.14. The third-order valence-electron chi connectivity index (χ3n) is 4.89.